The minimum atomic E-state index is -0.769. The van der Waals surface area contributed by atoms with E-state index in [2.05, 4.69) is 20.8 Å². The molecule has 0 fully saturated rings. The SMILES string of the molecule is CC(C)(C)C1=CC=CC(F)C1. The summed E-state index contributed by atoms with van der Waals surface area (Å²) in [5.41, 5.74) is 1.32. The number of hydrogen-bond donors (Lipinski definition) is 0. The normalized spacial score (nSPS) is 25.1. The first kappa shape index (κ1) is 8.51. The van der Waals surface area contributed by atoms with Gasteiger partial charge in [0.05, 0.1) is 0 Å². The van der Waals surface area contributed by atoms with E-state index < -0.39 is 6.17 Å². The summed E-state index contributed by atoms with van der Waals surface area (Å²) in [5, 5.41) is 0. The Balaban J connectivity index is 2.75. The Morgan fingerprint density at radius 1 is 1.45 bits per heavy atom. The Bertz CT molecular complexity index is 193. The van der Waals surface area contributed by atoms with Crippen LogP contribution in [0.15, 0.2) is 23.8 Å². The molecule has 0 spiro atoms. The van der Waals surface area contributed by atoms with Crippen LogP contribution in [0.2, 0.25) is 0 Å². The number of allylic oxidation sites excluding steroid dienone is 4. The molecule has 0 radical (unpaired) electrons. The summed E-state index contributed by atoms with van der Waals surface area (Å²) in [6.45, 7) is 6.35. The zero-order chi connectivity index (χ0) is 8.48. The molecule has 0 saturated carbocycles. The van der Waals surface area contributed by atoms with Crippen LogP contribution in [0.1, 0.15) is 27.2 Å². The van der Waals surface area contributed by atoms with Gasteiger partial charge in [-0.25, -0.2) is 4.39 Å². The molecule has 1 aliphatic carbocycles. The predicted molar refractivity (Wildman–Crippen MR) is 46.2 cm³/mol. The monoisotopic (exact) mass is 154 g/mol. The summed E-state index contributed by atoms with van der Waals surface area (Å²) >= 11 is 0. The highest BCUT2D eigenvalue weighted by atomic mass is 19.1. The number of hydrogen-bond acceptors (Lipinski definition) is 0. The molecule has 0 aromatic heterocycles. The summed E-state index contributed by atoms with van der Waals surface area (Å²) in [4.78, 5) is 0. The van der Waals surface area contributed by atoms with Gasteiger partial charge >= 0.3 is 0 Å². The van der Waals surface area contributed by atoms with Gasteiger partial charge in [-0.3, -0.25) is 0 Å². The topological polar surface area (TPSA) is 0 Å². The summed E-state index contributed by atoms with van der Waals surface area (Å²) in [7, 11) is 0. The molecule has 0 N–H and O–H groups in total. The first-order chi connectivity index (χ1) is 5.00. The average Bonchev–Trinajstić information content (AvgIpc) is 1.86. The Morgan fingerprint density at radius 2 is 2.09 bits per heavy atom. The van der Waals surface area contributed by atoms with E-state index in [1.54, 1.807) is 6.08 Å². The zero-order valence-electron chi connectivity index (χ0n) is 7.39. The molecular weight excluding hydrogens is 139 g/mol. The molecule has 1 unspecified atom stereocenters. The van der Waals surface area contributed by atoms with Crippen LogP contribution >= 0.6 is 0 Å². The van der Waals surface area contributed by atoms with Gasteiger partial charge in [0.25, 0.3) is 0 Å². The number of rotatable bonds is 0. The minimum absolute atomic E-state index is 0.120. The second-order valence-corrected chi connectivity index (χ2v) is 4.05. The van der Waals surface area contributed by atoms with Gasteiger partial charge in [-0.2, -0.15) is 0 Å². The van der Waals surface area contributed by atoms with Crippen molar-refractivity contribution in [3.8, 4) is 0 Å². The van der Waals surface area contributed by atoms with Crippen molar-refractivity contribution in [1.29, 1.82) is 0 Å². The lowest BCUT2D eigenvalue weighted by Gasteiger charge is -2.25. The van der Waals surface area contributed by atoms with Crippen LogP contribution < -0.4 is 0 Å². The molecule has 11 heavy (non-hydrogen) atoms. The van der Waals surface area contributed by atoms with Gasteiger partial charge in [-0.1, -0.05) is 44.6 Å². The van der Waals surface area contributed by atoms with Crippen molar-refractivity contribution < 1.29 is 4.39 Å². The average molecular weight is 154 g/mol. The van der Waals surface area contributed by atoms with E-state index in [-0.39, 0.29) is 5.41 Å². The molecule has 1 rings (SSSR count). The van der Waals surface area contributed by atoms with Gasteiger partial charge in [0, 0.05) is 6.42 Å². The first-order valence-electron chi connectivity index (χ1n) is 4.02. The maximum Gasteiger partial charge on any atom is 0.122 e. The van der Waals surface area contributed by atoms with E-state index in [1.165, 1.54) is 5.57 Å². The van der Waals surface area contributed by atoms with Crippen LogP contribution in [-0.4, -0.2) is 6.17 Å². The lowest BCUT2D eigenvalue weighted by molar-refractivity contribution is 0.361. The second-order valence-electron chi connectivity index (χ2n) is 4.05. The molecule has 62 valence electrons. The van der Waals surface area contributed by atoms with Crippen molar-refractivity contribution in [2.45, 2.75) is 33.4 Å². The quantitative estimate of drug-likeness (QED) is 0.502. The van der Waals surface area contributed by atoms with Gasteiger partial charge in [0.2, 0.25) is 0 Å². The van der Waals surface area contributed by atoms with E-state index in [0.29, 0.717) is 6.42 Å². The van der Waals surface area contributed by atoms with Gasteiger partial charge < -0.3 is 0 Å². The molecule has 1 aliphatic rings. The molecule has 0 heterocycles. The Kier molecular flexibility index (Phi) is 2.17. The second kappa shape index (κ2) is 2.80. The number of halogens is 1. The fourth-order valence-corrected chi connectivity index (χ4v) is 1.19. The van der Waals surface area contributed by atoms with Crippen LogP contribution in [-0.2, 0) is 0 Å². The third-order valence-corrected chi connectivity index (χ3v) is 2.00. The van der Waals surface area contributed by atoms with Crippen molar-refractivity contribution in [2.75, 3.05) is 0 Å². The lowest BCUT2D eigenvalue weighted by atomic mass is 9.81. The van der Waals surface area contributed by atoms with Crippen molar-refractivity contribution in [1.82, 2.24) is 0 Å². The van der Waals surface area contributed by atoms with E-state index in [0.717, 1.165) is 0 Å². The van der Waals surface area contributed by atoms with Crippen LogP contribution in [0.5, 0.6) is 0 Å². The third kappa shape index (κ3) is 2.18. The molecule has 0 aromatic carbocycles. The van der Waals surface area contributed by atoms with E-state index in [4.69, 9.17) is 0 Å². The van der Waals surface area contributed by atoms with Gasteiger partial charge in [-0.05, 0) is 5.41 Å². The van der Waals surface area contributed by atoms with Crippen molar-refractivity contribution in [3.05, 3.63) is 23.8 Å². The zero-order valence-corrected chi connectivity index (χ0v) is 7.39. The summed E-state index contributed by atoms with van der Waals surface area (Å²) in [6.07, 6.45) is 5.24. The molecule has 0 saturated heterocycles. The van der Waals surface area contributed by atoms with Crippen LogP contribution in [0.3, 0.4) is 0 Å². The van der Waals surface area contributed by atoms with Crippen LogP contribution in [0.4, 0.5) is 4.39 Å². The van der Waals surface area contributed by atoms with Crippen molar-refractivity contribution in [2.24, 2.45) is 5.41 Å². The molecule has 0 aliphatic heterocycles. The first-order valence-corrected chi connectivity index (χ1v) is 4.02. The highest BCUT2D eigenvalue weighted by Gasteiger charge is 2.20. The van der Waals surface area contributed by atoms with Crippen LogP contribution in [0, 0.1) is 5.41 Å². The van der Waals surface area contributed by atoms with E-state index in [9.17, 15) is 4.39 Å². The standard InChI is InChI=1S/C10H15F/c1-10(2,3)8-5-4-6-9(11)7-8/h4-6,9H,7H2,1-3H3. The smallest absolute Gasteiger partial charge is 0.122 e. The van der Waals surface area contributed by atoms with E-state index in [1.807, 2.05) is 12.2 Å². The molecule has 1 atom stereocenters. The summed E-state index contributed by atoms with van der Waals surface area (Å²) in [6, 6.07) is 0. The molecule has 0 bridgehead atoms. The highest BCUT2D eigenvalue weighted by molar-refractivity contribution is 5.24. The van der Waals surface area contributed by atoms with Gasteiger partial charge in [0.15, 0.2) is 0 Å². The Labute approximate surface area is 67.8 Å². The minimum Gasteiger partial charge on any atom is -0.243 e. The van der Waals surface area contributed by atoms with Gasteiger partial charge in [0.1, 0.15) is 6.17 Å². The highest BCUT2D eigenvalue weighted by Crippen LogP contribution is 2.31. The molecule has 1 heteroatoms. The van der Waals surface area contributed by atoms with Crippen molar-refractivity contribution in [3.63, 3.8) is 0 Å². The Morgan fingerprint density at radius 3 is 2.45 bits per heavy atom. The predicted octanol–water partition coefficient (Wildman–Crippen LogP) is 3.26. The summed E-state index contributed by atoms with van der Waals surface area (Å²) < 4.78 is 12.8. The van der Waals surface area contributed by atoms with E-state index >= 15 is 0 Å². The maximum absolute atomic E-state index is 12.8. The fourth-order valence-electron chi connectivity index (χ4n) is 1.19. The lowest BCUT2D eigenvalue weighted by Crippen LogP contribution is -2.14. The Hall–Kier alpha value is -0.590. The summed E-state index contributed by atoms with van der Waals surface area (Å²) in [5.74, 6) is 0. The molecule has 0 nitrogen and oxygen atoms in total. The van der Waals surface area contributed by atoms with Crippen molar-refractivity contribution >= 4 is 0 Å². The third-order valence-electron chi connectivity index (χ3n) is 2.00. The fraction of sp³-hybridized carbons (Fsp3) is 0.600. The molecule has 0 amide bonds. The molecule has 0 aromatic rings. The number of alkyl halides is 1. The van der Waals surface area contributed by atoms with Gasteiger partial charge in [-0.15, -0.1) is 0 Å². The molecular formula is C10H15F. The largest absolute Gasteiger partial charge is 0.243 e. The maximum atomic E-state index is 12.8. The van der Waals surface area contributed by atoms with Crippen LogP contribution in [0.25, 0.3) is 0 Å².